The average molecular weight is 532 g/mol. The SMILES string of the molecule is CCCCCCCCCOC(=O)c1ccc(C#Cc2ccc(OC(=O)C3CCC(CCCC)CC3)cc2)nc1. The summed E-state index contributed by atoms with van der Waals surface area (Å²) in [6.45, 7) is 4.89. The molecule has 0 amide bonds. The lowest BCUT2D eigenvalue weighted by atomic mass is 9.80. The predicted octanol–water partition coefficient (Wildman–Crippen LogP) is 8.29. The Kier molecular flexibility index (Phi) is 13.6. The van der Waals surface area contributed by atoms with Gasteiger partial charge in [0.05, 0.1) is 18.1 Å². The lowest BCUT2D eigenvalue weighted by Gasteiger charge is -2.27. The van der Waals surface area contributed by atoms with Gasteiger partial charge in [-0.05, 0) is 80.3 Å². The molecule has 5 nitrogen and oxygen atoms in total. The van der Waals surface area contributed by atoms with Gasteiger partial charge in [-0.25, -0.2) is 9.78 Å². The molecule has 1 saturated carbocycles. The molecule has 1 aliphatic rings. The minimum absolute atomic E-state index is 0.00833. The summed E-state index contributed by atoms with van der Waals surface area (Å²) < 4.78 is 11.0. The van der Waals surface area contributed by atoms with Crippen LogP contribution in [0.25, 0.3) is 0 Å². The van der Waals surface area contributed by atoms with Gasteiger partial charge in [0.1, 0.15) is 11.4 Å². The monoisotopic (exact) mass is 531 g/mol. The highest BCUT2D eigenvalue weighted by molar-refractivity contribution is 5.89. The number of nitrogens with zero attached hydrogens (tertiary/aromatic N) is 1. The fraction of sp³-hybridized carbons (Fsp3) is 0.559. The number of unbranched alkanes of at least 4 members (excludes halogenated alkanes) is 7. The molecule has 0 spiro atoms. The van der Waals surface area contributed by atoms with Crippen molar-refractivity contribution in [2.75, 3.05) is 6.61 Å². The summed E-state index contributed by atoms with van der Waals surface area (Å²) in [5, 5.41) is 0. The van der Waals surface area contributed by atoms with Crippen molar-refractivity contribution >= 4 is 11.9 Å². The molecule has 0 bridgehead atoms. The van der Waals surface area contributed by atoms with Crippen LogP contribution in [0.4, 0.5) is 0 Å². The number of hydrogen-bond acceptors (Lipinski definition) is 5. The molecule has 210 valence electrons. The third-order valence-corrected chi connectivity index (χ3v) is 7.53. The van der Waals surface area contributed by atoms with Gasteiger partial charge < -0.3 is 9.47 Å². The van der Waals surface area contributed by atoms with Gasteiger partial charge in [-0.1, -0.05) is 77.6 Å². The van der Waals surface area contributed by atoms with Crippen LogP contribution in [0, 0.1) is 23.7 Å². The predicted molar refractivity (Wildman–Crippen MR) is 156 cm³/mol. The molecule has 1 aromatic heterocycles. The highest BCUT2D eigenvalue weighted by Crippen LogP contribution is 2.32. The second-order valence-electron chi connectivity index (χ2n) is 10.7. The lowest BCUT2D eigenvalue weighted by molar-refractivity contribution is -0.140. The van der Waals surface area contributed by atoms with Crippen molar-refractivity contribution in [3.05, 3.63) is 59.4 Å². The number of benzene rings is 1. The molecule has 5 heteroatoms. The first-order valence-electron chi connectivity index (χ1n) is 15.1. The molecule has 39 heavy (non-hydrogen) atoms. The number of aromatic nitrogens is 1. The quantitative estimate of drug-likeness (QED) is 0.106. The van der Waals surface area contributed by atoms with E-state index in [4.69, 9.17) is 9.47 Å². The first kappa shape index (κ1) is 30.4. The number of ether oxygens (including phenoxy) is 2. The summed E-state index contributed by atoms with van der Waals surface area (Å²) in [4.78, 5) is 29.1. The van der Waals surface area contributed by atoms with Crippen LogP contribution in [-0.2, 0) is 9.53 Å². The fourth-order valence-electron chi connectivity index (χ4n) is 5.02. The Morgan fingerprint density at radius 3 is 2.18 bits per heavy atom. The van der Waals surface area contributed by atoms with Crippen LogP contribution in [0.2, 0.25) is 0 Å². The highest BCUT2D eigenvalue weighted by atomic mass is 16.5. The van der Waals surface area contributed by atoms with Gasteiger partial charge in [0, 0.05) is 11.8 Å². The molecule has 0 unspecified atom stereocenters. The molecule has 1 fully saturated rings. The number of hydrogen-bond donors (Lipinski definition) is 0. The third kappa shape index (κ3) is 11.2. The summed E-state index contributed by atoms with van der Waals surface area (Å²) in [7, 11) is 0. The van der Waals surface area contributed by atoms with Crippen molar-refractivity contribution in [3.63, 3.8) is 0 Å². The Bertz CT molecular complexity index is 1060. The van der Waals surface area contributed by atoms with E-state index in [1.807, 2.05) is 12.1 Å². The van der Waals surface area contributed by atoms with Crippen LogP contribution >= 0.6 is 0 Å². The molecule has 1 aliphatic carbocycles. The Morgan fingerprint density at radius 1 is 0.821 bits per heavy atom. The molecule has 0 N–H and O–H groups in total. The Balaban J connectivity index is 1.39. The lowest BCUT2D eigenvalue weighted by Crippen LogP contribution is -2.25. The number of carbonyl (C=O) groups is 2. The zero-order valence-electron chi connectivity index (χ0n) is 23.9. The van der Waals surface area contributed by atoms with Crippen LogP contribution in [-0.4, -0.2) is 23.5 Å². The van der Waals surface area contributed by atoms with E-state index in [-0.39, 0.29) is 17.9 Å². The van der Waals surface area contributed by atoms with E-state index in [0.29, 0.717) is 23.6 Å². The van der Waals surface area contributed by atoms with Crippen LogP contribution in [0.3, 0.4) is 0 Å². The molecule has 0 atom stereocenters. The van der Waals surface area contributed by atoms with Crippen molar-refractivity contribution in [2.24, 2.45) is 11.8 Å². The fourth-order valence-corrected chi connectivity index (χ4v) is 5.02. The molecule has 2 aromatic rings. The molecule has 0 saturated heterocycles. The minimum atomic E-state index is -0.345. The number of esters is 2. The Hall–Kier alpha value is -3.13. The molecule has 1 heterocycles. The second-order valence-corrected chi connectivity index (χ2v) is 10.7. The largest absolute Gasteiger partial charge is 0.462 e. The first-order chi connectivity index (χ1) is 19.1. The second kappa shape index (κ2) is 17.5. The average Bonchev–Trinajstić information content (AvgIpc) is 2.97. The maximum absolute atomic E-state index is 12.6. The van der Waals surface area contributed by atoms with Gasteiger partial charge in [0.2, 0.25) is 0 Å². The van der Waals surface area contributed by atoms with Crippen molar-refractivity contribution in [1.29, 1.82) is 0 Å². The van der Waals surface area contributed by atoms with Gasteiger partial charge >= 0.3 is 11.9 Å². The van der Waals surface area contributed by atoms with Crippen LogP contribution < -0.4 is 4.74 Å². The van der Waals surface area contributed by atoms with E-state index in [2.05, 4.69) is 30.7 Å². The third-order valence-electron chi connectivity index (χ3n) is 7.53. The summed E-state index contributed by atoms with van der Waals surface area (Å²) >= 11 is 0. The number of rotatable bonds is 14. The molecular formula is C34H45NO4. The van der Waals surface area contributed by atoms with E-state index < -0.39 is 0 Å². The molecule has 0 aliphatic heterocycles. The summed E-state index contributed by atoms with van der Waals surface area (Å²) in [6.07, 6.45) is 17.7. The van der Waals surface area contributed by atoms with Crippen molar-refractivity contribution in [3.8, 4) is 17.6 Å². The van der Waals surface area contributed by atoms with Crippen molar-refractivity contribution in [1.82, 2.24) is 4.98 Å². The van der Waals surface area contributed by atoms with Crippen molar-refractivity contribution in [2.45, 2.75) is 104 Å². The highest BCUT2D eigenvalue weighted by Gasteiger charge is 2.27. The zero-order valence-corrected chi connectivity index (χ0v) is 23.9. The zero-order chi connectivity index (χ0) is 27.7. The molecule has 3 rings (SSSR count). The number of pyridine rings is 1. The summed E-state index contributed by atoms with van der Waals surface area (Å²) in [5.41, 5.74) is 1.80. The Morgan fingerprint density at radius 2 is 1.51 bits per heavy atom. The maximum atomic E-state index is 12.6. The normalized spacial score (nSPS) is 16.7. The van der Waals surface area contributed by atoms with E-state index in [9.17, 15) is 9.59 Å². The van der Waals surface area contributed by atoms with Crippen LogP contribution in [0.15, 0.2) is 42.6 Å². The van der Waals surface area contributed by atoms with Gasteiger partial charge in [-0.2, -0.15) is 0 Å². The molecule has 1 aromatic carbocycles. The molecular weight excluding hydrogens is 486 g/mol. The van der Waals surface area contributed by atoms with Crippen LogP contribution in [0.1, 0.15) is 125 Å². The van der Waals surface area contributed by atoms with Gasteiger partial charge in [-0.15, -0.1) is 0 Å². The van der Waals surface area contributed by atoms with E-state index >= 15 is 0 Å². The van der Waals surface area contributed by atoms with Crippen molar-refractivity contribution < 1.29 is 19.1 Å². The van der Waals surface area contributed by atoms with Gasteiger partial charge in [-0.3, -0.25) is 4.79 Å². The topological polar surface area (TPSA) is 65.5 Å². The minimum Gasteiger partial charge on any atom is -0.462 e. The van der Waals surface area contributed by atoms with E-state index in [1.165, 1.54) is 57.6 Å². The Labute approximate surface area is 235 Å². The van der Waals surface area contributed by atoms with Gasteiger partial charge in [0.15, 0.2) is 0 Å². The van der Waals surface area contributed by atoms with Crippen LogP contribution in [0.5, 0.6) is 5.75 Å². The molecule has 0 radical (unpaired) electrons. The summed E-state index contributed by atoms with van der Waals surface area (Å²) in [5.74, 6) is 6.96. The smallest absolute Gasteiger partial charge is 0.339 e. The standard InChI is InChI=1S/C34H45NO4/c1-3-5-7-8-9-10-11-25-38-33(36)30-20-22-31(35-26-30)21-15-28-16-23-32(24-17-28)39-34(37)29-18-13-27(14-19-29)12-6-4-2/h16-17,20,22-24,26-27,29H,3-14,18-19,25H2,1-2H3. The van der Waals surface area contributed by atoms with E-state index in [0.717, 1.165) is 50.0 Å². The van der Waals surface area contributed by atoms with E-state index in [1.54, 1.807) is 24.3 Å². The van der Waals surface area contributed by atoms with Gasteiger partial charge in [0.25, 0.3) is 0 Å². The first-order valence-corrected chi connectivity index (χ1v) is 15.1. The number of carbonyl (C=O) groups excluding carboxylic acids is 2. The summed E-state index contributed by atoms with van der Waals surface area (Å²) in [6, 6.07) is 10.7. The maximum Gasteiger partial charge on any atom is 0.339 e.